The summed E-state index contributed by atoms with van der Waals surface area (Å²) in [5.41, 5.74) is 18.8. The first kappa shape index (κ1) is 38.9. The highest BCUT2D eigenvalue weighted by Crippen LogP contribution is 2.55. The van der Waals surface area contributed by atoms with E-state index in [0.717, 1.165) is 57.8 Å². The standard InChI is InChI=1S/C60H52N2S3/c1-2-13-39(14-3-1)62-51-23-7-4-17-50(51)56-52(62)36-35-49-48-22-12-24-53(59(48)65-60(49)56)61(40-31-27-37(28-32-40)42-18-10-20-46-44-15-5-8-25-54(44)63-57(42)46)41-33-29-38(30-34-41)43-19-11-21-47-45-16-6-9-26-55(45)64-58(43)47/h1-6,8,10-11,13-19,21,24-25,27-31,33-34,40,42,44,46,54,57H,7,9,12,20,22-23,26,32,35-36H2. The first-order valence-electron chi connectivity index (χ1n) is 24.2. The molecule has 1 aliphatic heterocycles. The van der Waals surface area contributed by atoms with Crippen molar-refractivity contribution in [2.24, 2.45) is 17.8 Å². The largest absolute Gasteiger partial charge is 0.333 e. The number of fused-ring (bicyclic) bond motifs is 13. The molecule has 0 radical (unpaired) electrons. The Balaban J connectivity index is 0.857. The lowest BCUT2D eigenvalue weighted by Crippen LogP contribution is -2.35. The Morgan fingerprint density at radius 1 is 0.631 bits per heavy atom. The van der Waals surface area contributed by atoms with Crippen LogP contribution < -0.4 is 4.90 Å². The highest BCUT2D eigenvalue weighted by Gasteiger charge is 2.46. The van der Waals surface area contributed by atoms with Crippen LogP contribution in [0.4, 0.5) is 5.69 Å². The molecule has 6 aromatic rings. The van der Waals surface area contributed by atoms with E-state index in [0.29, 0.717) is 28.3 Å². The number of thiophene rings is 2. The highest BCUT2D eigenvalue weighted by atomic mass is 32.2. The van der Waals surface area contributed by atoms with Gasteiger partial charge in [-0.05, 0) is 134 Å². The molecule has 0 N–H and O–H groups in total. The molecule has 3 aromatic carbocycles. The van der Waals surface area contributed by atoms with Crippen LogP contribution in [0.2, 0.25) is 0 Å². The van der Waals surface area contributed by atoms with Gasteiger partial charge in [0.2, 0.25) is 0 Å². The molecule has 7 aliphatic carbocycles. The third-order valence-corrected chi connectivity index (χ3v) is 20.2. The van der Waals surface area contributed by atoms with Gasteiger partial charge in [-0.2, -0.15) is 0 Å². The first-order valence-corrected chi connectivity index (χ1v) is 26.8. The molecule has 6 unspecified atom stereocenters. The Labute approximate surface area is 395 Å². The lowest BCUT2D eigenvalue weighted by molar-refractivity contribution is 0.378. The lowest BCUT2D eigenvalue weighted by atomic mass is 9.73. The summed E-state index contributed by atoms with van der Waals surface area (Å²) in [6.45, 7) is 0. The van der Waals surface area contributed by atoms with Crippen LogP contribution in [0.3, 0.4) is 0 Å². The Morgan fingerprint density at radius 2 is 1.49 bits per heavy atom. The molecule has 1 fully saturated rings. The van der Waals surface area contributed by atoms with Gasteiger partial charge < -0.3 is 9.47 Å². The summed E-state index contributed by atoms with van der Waals surface area (Å²) in [4.78, 5) is 7.29. The number of allylic oxidation sites excluding steroid dienone is 10. The number of aromatic nitrogens is 1. The lowest BCUT2D eigenvalue weighted by Gasteiger charge is -2.38. The zero-order chi connectivity index (χ0) is 42.6. The van der Waals surface area contributed by atoms with Gasteiger partial charge in [0, 0.05) is 70.1 Å². The molecule has 0 spiro atoms. The number of anilines is 1. The summed E-state index contributed by atoms with van der Waals surface area (Å²) in [7, 11) is 0. The number of aryl methyl sites for hydroxylation is 1. The van der Waals surface area contributed by atoms with Crippen LogP contribution in [0.5, 0.6) is 0 Å². The van der Waals surface area contributed by atoms with Gasteiger partial charge in [-0.25, -0.2) is 0 Å². The van der Waals surface area contributed by atoms with Crippen LogP contribution in [0.15, 0.2) is 151 Å². The molecule has 0 saturated carbocycles. The molecule has 320 valence electrons. The summed E-state index contributed by atoms with van der Waals surface area (Å²) >= 11 is 6.33. The molecule has 0 amide bonds. The van der Waals surface area contributed by atoms with Crippen molar-refractivity contribution in [3.05, 3.63) is 195 Å². The summed E-state index contributed by atoms with van der Waals surface area (Å²) in [6, 6.07) is 28.0. The Bertz CT molecular complexity index is 3170. The monoisotopic (exact) mass is 896 g/mol. The second kappa shape index (κ2) is 15.6. The maximum atomic E-state index is 2.74. The van der Waals surface area contributed by atoms with Crippen LogP contribution in [0.25, 0.3) is 55.2 Å². The van der Waals surface area contributed by atoms with Crippen LogP contribution in [0, 0.1) is 17.8 Å². The summed E-state index contributed by atoms with van der Waals surface area (Å²) in [5.74, 6) is 1.85. The molecule has 65 heavy (non-hydrogen) atoms. The van der Waals surface area contributed by atoms with Crippen molar-refractivity contribution >= 4 is 68.1 Å². The Morgan fingerprint density at radius 3 is 2.38 bits per heavy atom. The molecule has 14 rings (SSSR count). The molecule has 0 bridgehead atoms. The summed E-state index contributed by atoms with van der Waals surface area (Å²) in [6.07, 6.45) is 45.5. The third-order valence-electron chi connectivity index (χ3n) is 15.8. The molecule has 8 aliphatic rings. The maximum absolute atomic E-state index is 2.74. The van der Waals surface area contributed by atoms with Crippen molar-refractivity contribution in [1.82, 2.24) is 4.57 Å². The molecule has 1 saturated heterocycles. The van der Waals surface area contributed by atoms with Crippen molar-refractivity contribution in [1.29, 1.82) is 0 Å². The SMILES string of the molecule is C1=CC2SC3C(C4=CCC(N(C5=CCCc6c5sc5c6CCc6c-5c5c(n6-c6ccccc6)CCC=C5)c5ccc(-c6cccc7c8c(sc67)CCC=C8)cc5)C=C4)C=CCC3C2C=C1. The van der Waals surface area contributed by atoms with Crippen LogP contribution in [0.1, 0.15) is 75.5 Å². The molecule has 5 heteroatoms. The van der Waals surface area contributed by atoms with Gasteiger partial charge in [0.15, 0.2) is 0 Å². The predicted octanol–water partition coefficient (Wildman–Crippen LogP) is 15.6. The smallest absolute Gasteiger partial charge is 0.0560 e. The fourth-order valence-electron chi connectivity index (χ4n) is 12.9. The summed E-state index contributed by atoms with van der Waals surface area (Å²) < 4.78 is 4.06. The van der Waals surface area contributed by atoms with Gasteiger partial charge >= 0.3 is 0 Å². The molecule has 3 aromatic heterocycles. The quantitative estimate of drug-likeness (QED) is 0.154. The van der Waals surface area contributed by atoms with E-state index in [9.17, 15) is 0 Å². The number of para-hydroxylation sites is 1. The number of rotatable bonds is 6. The number of benzene rings is 3. The van der Waals surface area contributed by atoms with E-state index in [1.165, 1.54) is 93.0 Å². The van der Waals surface area contributed by atoms with Crippen molar-refractivity contribution in [3.63, 3.8) is 0 Å². The van der Waals surface area contributed by atoms with E-state index in [-0.39, 0.29) is 6.04 Å². The average Bonchev–Trinajstić information content (AvgIpc) is 4.14. The number of hydrogen-bond donors (Lipinski definition) is 0. The number of nitrogens with zero attached hydrogens (tertiary/aromatic N) is 2. The van der Waals surface area contributed by atoms with Crippen LogP contribution in [-0.2, 0) is 32.1 Å². The summed E-state index contributed by atoms with van der Waals surface area (Å²) in [5, 5.41) is 2.65. The molecular weight excluding hydrogens is 845 g/mol. The predicted molar refractivity (Wildman–Crippen MR) is 281 cm³/mol. The zero-order valence-corrected chi connectivity index (χ0v) is 39.1. The minimum atomic E-state index is 0.221. The van der Waals surface area contributed by atoms with Crippen LogP contribution >= 0.6 is 34.4 Å². The first-order chi connectivity index (χ1) is 32.2. The molecule has 6 atom stereocenters. The van der Waals surface area contributed by atoms with Crippen molar-refractivity contribution in [2.45, 2.75) is 80.7 Å². The van der Waals surface area contributed by atoms with Gasteiger partial charge in [-0.3, -0.25) is 0 Å². The third kappa shape index (κ3) is 6.18. The van der Waals surface area contributed by atoms with Gasteiger partial charge in [-0.1, -0.05) is 134 Å². The topological polar surface area (TPSA) is 8.17 Å². The van der Waals surface area contributed by atoms with Crippen molar-refractivity contribution in [3.8, 4) is 27.3 Å². The van der Waals surface area contributed by atoms with E-state index in [1.807, 2.05) is 11.3 Å². The number of thioether (sulfide) groups is 1. The Hall–Kier alpha value is -5.33. The van der Waals surface area contributed by atoms with Gasteiger partial charge in [0.05, 0.1) is 16.6 Å². The van der Waals surface area contributed by atoms with E-state index in [2.05, 4.69) is 190 Å². The van der Waals surface area contributed by atoms with Gasteiger partial charge in [0.1, 0.15) is 0 Å². The number of hydrogen-bond acceptors (Lipinski definition) is 4. The second-order valence-electron chi connectivity index (χ2n) is 19.3. The van der Waals surface area contributed by atoms with Crippen molar-refractivity contribution in [2.75, 3.05) is 4.90 Å². The Kier molecular flexibility index (Phi) is 9.36. The van der Waals surface area contributed by atoms with E-state index in [4.69, 9.17) is 0 Å². The molecular formula is C60H52N2S3. The normalized spacial score (nSPS) is 25.3. The van der Waals surface area contributed by atoms with E-state index in [1.54, 1.807) is 11.1 Å². The van der Waals surface area contributed by atoms with Crippen molar-refractivity contribution < 1.29 is 0 Å². The van der Waals surface area contributed by atoms with E-state index >= 15 is 0 Å². The highest BCUT2D eigenvalue weighted by molar-refractivity contribution is 8.01. The van der Waals surface area contributed by atoms with Gasteiger partial charge in [0.25, 0.3) is 0 Å². The molecule has 4 heterocycles. The van der Waals surface area contributed by atoms with Crippen LogP contribution in [-0.4, -0.2) is 21.1 Å². The zero-order valence-electron chi connectivity index (χ0n) is 36.7. The van der Waals surface area contributed by atoms with E-state index < -0.39 is 0 Å². The van der Waals surface area contributed by atoms with Gasteiger partial charge in [-0.15, -0.1) is 34.4 Å². The minimum absolute atomic E-state index is 0.221. The maximum Gasteiger partial charge on any atom is 0.0560 e. The second-order valence-corrected chi connectivity index (χ2v) is 22.7. The fourth-order valence-corrected chi connectivity index (χ4v) is 17.7. The average molecular weight is 897 g/mol. The minimum Gasteiger partial charge on any atom is -0.333 e. The fraction of sp³-hybridized carbons (Fsp3) is 0.267. The molecule has 2 nitrogen and oxygen atoms in total.